The third-order valence-corrected chi connectivity index (χ3v) is 1.92. The highest BCUT2D eigenvalue weighted by atomic mass is 19.1. The zero-order valence-corrected chi connectivity index (χ0v) is 7.35. The molecule has 0 bridgehead atoms. The Morgan fingerprint density at radius 1 is 1.75 bits per heavy atom. The first-order chi connectivity index (χ1) is 5.74. The van der Waals surface area contributed by atoms with Gasteiger partial charge >= 0.3 is 0 Å². The van der Waals surface area contributed by atoms with Crippen molar-refractivity contribution in [2.45, 2.75) is 26.2 Å². The summed E-state index contributed by atoms with van der Waals surface area (Å²) in [7, 11) is 0. The average molecular weight is 171 g/mol. The Morgan fingerprint density at radius 2 is 2.50 bits per heavy atom. The number of hydrogen-bond acceptors (Lipinski definition) is 1. The number of halogens is 1. The van der Waals surface area contributed by atoms with Crippen molar-refractivity contribution in [1.29, 1.82) is 0 Å². The molecule has 0 aromatic carbocycles. The Balaban J connectivity index is 2.43. The first-order valence-corrected chi connectivity index (χ1v) is 4.36. The summed E-state index contributed by atoms with van der Waals surface area (Å²) in [6.45, 7) is 2.80. The SMILES string of the molecule is CCCC(=O)N1CCC=C(F)C1. The molecule has 0 saturated heterocycles. The van der Waals surface area contributed by atoms with E-state index in [1.807, 2.05) is 6.92 Å². The van der Waals surface area contributed by atoms with Gasteiger partial charge in [0.15, 0.2) is 0 Å². The Hall–Kier alpha value is -0.860. The third-order valence-electron chi connectivity index (χ3n) is 1.92. The molecule has 1 amide bonds. The lowest BCUT2D eigenvalue weighted by molar-refractivity contribution is -0.131. The third kappa shape index (κ3) is 2.32. The number of amides is 1. The van der Waals surface area contributed by atoms with Crippen LogP contribution in [0.5, 0.6) is 0 Å². The van der Waals surface area contributed by atoms with Gasteiger partial charge in [-0.1, -0.05) is 6.92 Å². The number of rotatable bonds is 2. The summed E-state index contributed by atoms with van der Waals surface area (Å²) in [6, 6.07) is 0. The first-order valence-electron chi connectivity index (χ1n) is 4.36. The molecule has 0 fully saturated rings. The van der Waals surface area contributed by atoms with E-state index in [1.54, 1.807) is 11.0 Å². The van der Waals surface area contributed by atoms with Crippen molar-refractivity contribution >= 4 is 5.91 Å². The second kappa shape index (κ2) is 4.24. The van der Waals surface area contributed by atoms with Crippen LogP contribution in [0.1, 0.15) is 26.2 Å². The van der Waals surface area contributed by atoms with Crippen molar-refractivity contribution in [3.63, 3.8) is 0 Å². The molecule has 0 aromatic rings. The molecule has 0 atom stereocenters. The Kier molecular flexibility index (Phi) is 3.26. The van der Waals surface area contributed by atoms with E-state index in [0.717, 1.165) is 6.42 Å². The molecule has 0 unspecified atom stereocenters. The minimum Gasteiger partial charge on any atom is -0.336 e. The molecule has 12 heavy (non-hydrogen) atoms. The Bertz CT molecular complexity index is 201. The highest BCUT2D eigenvalue weighted by molar-refractivity contribution is 5.76. The minimum absolute atomic E-state index is 0.0701. The predicted octanol–water partition coefficient (Wildman–Crippen LogP) is 1.87. The molecule has 0 aromatic heterocycles. The number of carbonyl (C=O) groups excluding carboxylic acids is 1. The van der Waals surface area contributed by atoms with Gasteiger partial charge in [0.05, 0.1) is 6.54 Å². The van der Waals surface area contributed by atoms with E-state index in [2.05, 4.69) is 0 Å². The molecule has 3 heteroatoms. The maximum absolute atomic E-state index is 12.7. The van der Waals surface area contributed by atoms with E-state index >= 15 is 0 Å². The lowest BCUT2D eigenvalue weighted by atomic mass is 10.2. The van der Waals surface area contributed by atoms with Gasteiger partial charge in [0, 0.05) is 13.0 Å². The minimum atomic E-state index is -0.175. The van der Waals surface area contributed by atoms with E-state index in [4.69, 9.17) is 0 Å². The summed E-state index contributed by atoms with van der Waals surface area (Å²) in [4.78, 5) is 12.9. The Labute approximate surface area is 72.1 Å². The second-order valence-corrected chi connectivity index (χ2v) is 3.00. The molecule has 1 aliphatic heterocycles. The molecule has 2 nitrogen and oxygen atoms in total. The van der Waals surface area contributed by atoms with E-state index in [9.17, 15) is 9.18 Å². The molecule has 0 radical (unpaired) electrons. The van der Waals surface area contributed by atoms with Crippen LogP contribution in [-0.2, 0) is 4.79 Å². The number of carbonyl (C=O) groups is 1. The van der Waals surface area contributed by atoms with Crippen molar-refractivity contribution in [3.8, 4) is 0 Å². The van der Waals surface area contributed by atoms with Crippen molar-refractivity contribution in [2.24, 2.45) is 0 Å². The van der Waals surface area contributed by atoms with E-state index in [-0.39, 0.29) is 18.3 Å². The quantitative estimate of drug-likeness (QED) is 0.621. The molecule has 0 N–H and O–H groups in total. The molecule has 1 heterocycles. The summed E-state index contributed by atoms with van der Waals surface area (Å²) < 4.78 is 12.7. The van der Waals surface area contributed by atoms with E-state index in [0.29, 0.717) is 19.4 Å². The van der Waals surface area contributed by atoms with Crippen LogP contribution in [-0.4, -0.2) is 23.9 Å². The summed E-state index contributed by atoms with van der Waals surface area (Å²) in [5.41, 5.74) is 0. The van der Waals surface area contributed by atoms with Gasteiger partial charge in [0.2, 0.25) is 5.91 Å². The van der Waals surface area contributed by atoms with Crippen molar-refractivity contribution in [2.75, 3.05) is 13.1 Å². The normalized spacial score (nSPS) is 17.5. The lowest BCUT2D eigenvalue weighted by Crippen LogP contribution is -2.34. The maximum Gasteiger partial charge on any atom is 0.222 e. The van der Waals surface area contributed by atoms with E-state index < -0.39 is 0 Å². The fourth-order valence-corrected chi connectivity index (χ4v) is 1.29. The van der Waals surface area contributed by atoms with Crippen LogP contribution < -0.4 is 0 Å². The summed E-state index contributed by atoms with van der Waals surface area (Å²) in [6.07, 6.45) is 3.57. The smallest absolute Gasteiger partial charge is 0.222 e. The fraction of sp³-hybridized carbons (Fsp3) is 0.667. The monoisotopic (exact) mass is 171 g/mol. The van der Waals surface area contributed by atoms with Gasteiger partial charge in [0.25, 0.3) is 0 Å². The van der Waals surface area contributed by atoms with Gasteiger partial charge in [-0.25, -0.2) is 4.39 Å². The first kappa shape index (κ1) is 9.23. The van der Waals surface area contributed by atoms with Gasteiger partial charge in [-0.2, -0.15) is 0 Å². The van der Waals surface area contributed by atoms with Gasteiger partial charge in [-0.15, -0.1) is 0 Å². The second-order valence-electron chi connectivity index (χ2n) is 3.00. The van der Waals surface area contributed by atoms with Crippen LogP contribution in [0.15, 0.2) is 11.9 Å². The van der Waals surface area contributed by atoms with Crippen LogP contribution in [0.2, 0.25) is 0 Å². The summed E-state index contributed by atoms with van der Waals surface area (Å²) in [5.74, 6) is -0.105. The highest BCUT2D eigenvalue weighted by Gasteiger charge is 2.16. The highest BCUT2D eigenvalue weighted by Crippen LogP contribution is 2.11. The van der Waals surface area contributed by atoms with Crippen LogP contribution in [0.4, 0.5) is 4.39 Å². The summed E-state index contributed by atoms with van der Waals surface area (Å²) >= 11 is 0. The van der Waals surface area contributed by atoms with Crippen LogP contribution in [0.25, 0.3) is 0 Å². The van der Waals surface area contributed by atoms with Gasteiger partial charge in [-0.3, -0.25) is 4.79 Å². The van der Waals surface area contributed by atoms with Crippen LogP contribution in [0, 0.1) is 0 Å². The molecule has 0 aliphatic carbocycles. The van der Waals surface area contributed by atoms with Crippen molar-refractivity contribution < 1.29 is 9.18 Å². The van der Waals surface area contributed by atoms with E-state index in [1.165, 1.54) is 0 Å². The fourth-order valence-electron chi connectivity index (χ4n) is 1.29. The molecule has 1 aliphatic rings. The maximum atomic E-state index is 12.7. The molecular weight excluding hydrogens is 157 g/mol. The van der Waals surface area contributed by atoms with Crippen molar-refractivity contribution in [3.05, 3.63) is 11.9 Å². The van der Waals surface area contributed by atoms with Crippen LogP contribution in [0.3, 0.4) is 0 Å². The molecular formula is C9H14FNO. The number of nitrogens with zero attached hydrogens (tertiary/aromatic N) is 1. The molecule has 68 valence electrons. The zero-order valence-electron chi connectivity index (χ0n) is 7.35. The zero-order chi connectivity index (χ0) is 8.97. The summed E-state index contributed by atoms with van der Waals surface area (Å²) in [5, 5.41) is 0. The van der Waals surface area contributed by atoms with Gasteiger partial charge < -0.3 is 4.90 Å². The van der Waals surface area contributed by atoms with Crippen LogP contribution >= 0.6 is 0 Å². The topological polar surface area (TPSA) is 20.3 Å². The predicted molar refractivity (Wildman–Crippen MR) is 45.3 cm³/mol. The Morgan fingerprint density at radius 3 is 3.08 bits per heavy atom. The molecule has 0 saturated carbocycles. The largest absolute Gasteiger partial charge is 0.336 e. The molecule has 0 spiro atoms. The standard InChI is InChI=1S/C9H14FNO/c1-2-4-9(12)11-6-3-5-8(10)7-11/h5H,2-4,6-7H2,1H3. The number of hydrogen-bond donors (Lipinski definition) is 0. The average Bonchev–Trinajstić information content (AvgIpc) is 2.05. The van der Waals surface area contributed by atoms with Crippen molar-refractivity contribution in [1.82, 2.24) is 4.90 Å². The lowest BCUT2D eigenvalue weighted by Gasteiger charge is -2.24. The van der Waals surface area contributed by atoms with Gasteiger partial charge in [0.1, 0.15) is 5.83 Å². The van der Waals surface area contributed by atoms with Gasteiger partial charge in [-0.05, 0) is 18.9 Å². The molecule has 1 rings (SSSR count).